The van der Waals surface area contributed by atoms with Gasteiger partial charge >= 0.3 is 0 Å². The lowest BCUT2D eigenvalue weighted by molar-refractivity contribution is 0.271. The van der Waals surface area contributed by atoms with Gasteiger partial charge in [0.1, 0.15) is 0 Å². The van der Waals surface area contributed by atoms with Gasteiger partial charge in [0.25, 0.3) is 0 Å². The molecule has 1 saturated heterocycles. The Balaban J connectivity index is 1.71. The molecular formula is C15H21N. The van der Waals surface area contributed by atoms with E-state index in [9.17, 15) is 0 Å². The number of hydrogen-bond acceptors (Lipinski definition) is 1. The van der Waals surface area contributed by atoms with Crippen molar-refractivity contribution >= 4 is 0 Å². The monoisotopic (exact) mass is 215 g/mol. The van der Waals surface area contributed by atoms with Gasteiger partial charge in [0.15, 0.2) is 0 Å². The maximum absolute atomic E-state index is 2.73. The average molecular weight is 215 g/mol. The summed E-state index contributed by atoms with van der Waals surface area (Å²) >= 11 is 0. The van der Waals surface area contributed by atoms with Gasteiger partial charge in [0.2, 0.25) is 0 Å². The number of benzene rings is 1. The lowest BCUT2D eigenvalue weighted by Crippen LogP contribution is -2.23. The fourth-order valence-corrected chi connectivity index (χ4v) is 3.41. The molecule has 86 valence electrons. The molecule has 0 aromatic heterocycles. The molecule has 1 aliphatic heterocycles. The van der Waals surface area contributed by atoms with Crippen LogP contribution in [0, 0.1) is 0 Å². The van der Waals surface area contributed by atoms with Crippen LogP contribution in [-0.4, -0.2) is 17.0 Å². The molecule has 2 fully saturated rings. The second-order valence-corrected chi connectivity index (χ2v) is 5.34. The molecule has 1 heterocycles. The van der Waals surface area contributed by atoms with Gasteiger partial charge in [-0.25, -0.2) is 0 Å². The highest BCUT2D eigenvalue weighted by molar-refractivity contribution is 5.27. The second-order valence-electron chi connectivity index (χ2n) is 5.34. The summed E-state index contributed by atoms with van der Waals surface area (Å²) in [7, 11) is 0. The van der Waals surface area contributed by atoms with Crippen molar-refractivity contribution in [2.75, 3.05) is 0 Å². The molecule has 1 aliphatic carbocycles. The largest absolute Gasteiger partial charge is 0.287 e. The summed E-state index contributed by atoms with van der Waals surface area (Å²) in [5, 5.41) is 0. The molecule has 1 unspecified atom stereocenters. The Hall–Kier alpha value is -0.820. The van der Waals surface area contributed by atoms with Crippen LogP contribution >= 0.6 is 0 Å². The van der Waals surface area contributed by atoms with Crippen LogP contribution in [0.3, 0.4) is 0 Å². The minimum absolute atomic E-state index is 0.712. The van der Waals surface area contributed by atoms with E-state index >= 15 is 0 Å². The third-order valence-corrected chi connectivity index (χ3v) is 4.30. The smallest absolute Gasteiger partial charge is 0.0507 e. The Morgan fingerprint density at radius 2 is 1.69 bits per heavy atom. The van der Waals surface area contributed by atoms with Crippen molar-refractivity contribution in [2.24, 2.45) is 0 Å². The number of nitrogens with zero attached hydrogens (tertiary/aromatic N) is 1. The third kappa shape index (κ3) is 1.78. The highest BCUT2D eigenvalue weighted by Gasteiger charge is 2.48. The van der Waals surface area contributed by atoms with Crippen molar-refractivity contribution in [3.63, 3.8) is 0 Å². The first kappa shape index (κ1) is 10.3. The van der Waals surface area contributed by atoms with E-state index in [0.717, 1.165) is 12.1 Å². The van der Waals surface area contributed by atoms with Crippen LogP contribution in [0.25, 0.3) is 0 Å². The van der Waals surface area contributed by atoms with Gasteiger partial charge in [-0.05, 0) is 25.3 Å². The summed E-state index contributed by atoms with van der Waals surface area (Å²) in [6, 6.07) is 13.4. The van der Waals surface area contributed by atoms with Crippen LogP contribution in [0.1, 0.15) is 50.6 Å². The first-order chi connectivity index (χ1) is 7.88. The van der Waals surface area contributed by atoms with Crippen LogP contribution in [0.4, 0.5) is 0 Å². The maximum atomic E-state index is 2.73. The highest BCUT2D eigenvalue weighted by Crippen LogP contribution is 2.47. The Labute approximate surface area is 98.5 Å². The summed E-state index contributed by atoms with van der Waals surface area (Å²) in [6.07, 6.45) is 7.18. The van der Waals surface area contributed by atoms with Crippen LogP contribution in [-0.2, 0) is 0 Å². The molecule has 1 nitrogen and oxygen atoms in total. The first-order valence-corrected chi connectivity index (χ1v) is 6.70. The number of hydrogen-bond donors (Lipinski definition) is 0. The summed E-state index contributed by atoms with van der Waals surface area (Å²) in [4.78, 5) is 2.73. The fourth-order valence-electron chi connectivity index (χ4n) is 3.41. The van der Waals surface area contributed by atoms with Crippen LogP contribution in [0.5, 0.6) is 0 Å². The Morgan fingerprint density at radius 1 is 1.00 bits per heavy atom. The van der Waals surface area contributed by atoms with Crippen LogP contribution in [0.15, 0.2) is 30.3 Å². The van der Waals surface area contributed by atoms with Crippen molar-refractivity contribution in [3.8, 4) is 0 Å². The first-order valence-electron chi connectivity index (χ1n) is 6.70. The highest BCUT2D eigenvalue weighted by atomic mass is 15.4. The Bertz CT molecular complexity index is 340. The normalized spacial score (nSPS) is 34.9. The van der Waals surface area contributed by atoms with E-state index in [1.165, 1.54) is 37.7 Å². The van der Waals surface area contributed by atoms with Crippen molar-refractivity contribution in [2.45, 2.75) is 57.2 Å². The molecular weight excluding hydrogens is 194 g/mol. The molecule has 1 saturated carbocycles. The van der Waals surface area contributed by atoms with E-state index < -0.39 is 0 Å². The van der Waals surface area contributed by atoms with Crippen LogP contribution < -0.4 is 0 Å². The van der Waals surface area contributed by atoms with E-state index in [2.05, 4.69) is 42.2 Å². The van der Waals surface area contributed by atoms with Crippen molar-refractivity contribution in [1.29, 1.82) is 0 Å². The van der Waals surface area contributed by atoms with E-state index in [1.807, 2.05) is 0 Å². The minimum atomic E-state index is 0.712. The SMILES string of the molecule is C[C@@H]1[C@H](c2ccccc2)N1C1CCCCC1. The topological polar surface area (TPSA) is 3.01 Å². The molecule has 1 aromatic carbocycles. The summed E-state index contributed by atoms with van der Waals surface area (Å²) in [6.45, 7) is 2.38. The Kier molecular flexibility index (Phi) is 2.72. The molecule has 0 bridgehead atoms. The molecule has 1 heteroatoms. The van der Waals surface area contributed by atoms with E-state index in [1.54, 1.807) is 0 Å². The zero-order valence-corrected chi connectivity index (χ0v) is 10.1. The zero-order valence-electron chi connectivity index (χ0n) is 10.1. The lowest BCUT2D eigenvalue weighted by Gasteiger charge is -2.24. The molecule has 3 atom stereocenters. The van der Waals surface area contributed by atoms with Crippen molar-refractivity contribution in [1.82, 2.24) is 4.90 Å². The van der Waals surface area contributed by atoms with Crippen molar-refractivity contribution in [3.05, 3.63) is 35.9 Å². The molecule has 16 heavy (non-hydrogen) atoms. The van der Waals surface area contributed by atoms with Gasteiger partial charge < -0.3 is 0 Å². The standard InChI is InChI=1S/C15H21N/c1-12-15(13-8-4-2-5-9-13)16(12)14-10-6-3-7-11-14/h2,4-5,8-9,12,14-15H,3,6-7,10-11H2,1H3/t12-,15-,16?/m1/s1. The molecule has 2 aliphatic rings. The molecule has 1 aromatic rings. The van der Waals surface area contributed by atoms with Gasteiger partial charge in [-0.2, -0.15) is 0 Å². The van der Waals surface area contributed by atoms with Crippen molar-refractivity contribution < 1.29 is 0 Å². The third-order valence-electron chi connectivity index (χ3n) is 4.30. The Morgan fingerprint density at radius 3 is 2.38 bits per heavy atom. The quantitative estimate of drug-likeness (QED) is 0.679. The average Bonchev–Trinajstić information content (AvgIpc) is 3.03. The lowest BCUT2D eigenvalue weighted by atomic mass is 9.95. The predicted molar refractivity (Wildman–Crippen MR) is 67.4 cm³/mol. The summed E-state index contributed by atoms with van der Waals surface area (Å²) < 4.78 is 0. The summed E-state index contributed by atoms with van der Waals surface area (Å²) in [5.41, 5.74) is 1.51. The molecule has 0 N–H and O–H groups in total. The van der Waals surface area contributed by atoms with Gasteiger partial charge in [-0.3, -0.25) is 4.90 Å². The van der Waals surface area contributed by atoms with Gasteiger partial charge in [0.05, 0.1) is 6.04 Å². The fraction of sp³-hybridized carbons (Fsp3) is 0.600. The molecule has 0 radical (unpaired) electrons. The van der Waals surface area contributed by atoms with E-state index in [-0.39, 0.29) is 0 Å². The van der Waals surface area contributed by atoms with Crippen LogP contribution in [0.2, 0.25) is 0 Å². The zero-order chi connectivity index (χ0) is 11.0. The van der Waals surface area contributed by atoms with Gasteiger partial charge in [-0.1, -0.05) is 49.6 Å². The molecule has 0 spiro atoms. The predicted octanol–water partition coefficient (Wildman–Crippen LogP) is 3.76. The maximum Gasteiger partial charge on any atom is 0.0507 e. The van der Waals surface area contributed by atoms with Gasteiger partial charge in [0, 0.05) is 12.1 Å². The minimum Gasteiger partial charge on any atom is -0.287 e. The van der Waals surface area contributed by atoms with E-state index in [0.29, 0.717) is 6.04 Å². The summed E-state index contributed by atoms with van der Waals surface area (Å²) in [5.74, 6) is 0. The molecule has 3 rings (SSSR count). The second kappa shape index (κ2) is 4.21. The number of rotatable bonds is 2. The molecule has 0 amide bonds. The van der Waals surface area contributed by atoms with Gasteiger partial charge in [-0.15, -0.1) is 0 Å². The van der Waals surface area contributed by atoms with E-state index in [4.69, 9.17) is 0 Å².